The van der Waals surface area contributed by atoms with E-state index in [1.54, 1.807) is 0 Å². The zero-order chi connectivity index (χ0) is 34.3. The van der Waals surface area contributed by atoms with Gasteiger partial charge in [-0.15, -0.1) is 0 Å². The van der Waals surface area contributed by atoms with Crippen LogP contribution in [-0.4, -0.2) is 110 Å². The highest BCUT2D eigenvalue weighted by molar-refractivity contribution is 5.58. The third-order valence-corrected chi connectivity index (χ3v) is 10.5. The fourth-order valence-electron chi connectivity index (χ4n) is 7.66. The molecule has 0 aliphatic heterocycles. The number of para-hydroxylation sites is 1. The number of hydrogen-bond donors (Lipinski definition) is 2. The van der Waals surface area contributed by atoms with E-state index in [0.717, 1.165) is 41.0 Å². The molecule has 7 heteroatoms. The molecule has 2 N–H and O–H groups in total. The molecule has 0 aromatic heterocycles. The van der Waals surface area contributed by atoms with Gasteiger partial charge in [0, 0.05) is 73.7 Å². The van der Waals surface area contributed by atoms with Gasteiger partial charge in [0.25, 0.3) is 0 Å². The molecule has 260 valence electrons. The summed E-state index contributed by atoms with van der Waals surface area (Å²) >= 11 is 0. The zero-order valence-electron chi connectivity index (χ0n) is 31.4. The lowest BCUT2D eigenvalue weighted by atomic mass is 9.84. The number of hydrogen-bond acceptors (Lipinski definition) is 7. The zero-order valence-corrected chi connectivity index (χ0v) is 31.4. The molecule has 2 aliphatic carbocycles. The van der Waals surface area contributed by atoms with E-state index in [-0.39, 0.29) is 5.41 Å². The third-order valence-electron chi connectivity index (χ3n) is 10.5. The molecule has 4 rings (SSSR count). The minimum Gasteiger partial charge on any atom is -0.507 e. The lowest BCUT2D eigenvalue weighted by Crippen LogP contribution is -2.49. The Balaban J connectivity index is 0.000000259. The maximum absolute atomic E-state index is 11.0. The first kappa shape index (κ1) is 38.1. The van der Waals surface area contributed by atoms with E-state index >= 15 is 0 Å². The molecule has 2 aromatic rings. The van der Waals surface area contributed by atoms with Crippen LogP contribution in [0.5, 0.6) is 11.5 Å². The van der Waals surface area contributed by atoms with Crippen LogP contribution in [-0.2, 0) is 18.5 Å². The van der Waals surface area contributed by atoms with E-state index in [0.29, 0.717) is 35.7 Å². The molecule has 7 nitrogen and oxygen atoms in total. The van der Waals surface area contributed by atoms with Gasteiger partial charge in [0.1, 0.15) is 11.5 Å². The fraction of sp³-hybridized carbons (Fsp3) is 0.692. The molecule has 2 saturated carbocycles. The van der Waals surface area contributed by atoms with Gasteiger partial charge >= 0.3 is 0 Å². The highest BCUT2D eigenvalue weighted by Gasteiger charge is 2.32. The van der Waals surface area contributed by atoms with Crippen LogP contribution in [0.4, 0.5) is 5.69 Å². The number of likely N-dealkylation sites (N-methyl/N-ethyl adjacent to an activating group) is 4. The Kier molecular flexibility index (Phi) is 13.8. The number of phenolic OH excluding ortho intramolecular Hbond substituents is 2. The minimum absolute atomic E-state index is 0.0829. The van der Waals surface area contributed by atoms with Crippen LogP contribution in [0.25, 0.3) is 0 Å². The predicted octanol–water partition coefficient (Wildman–Crippen LogP) is 7.07. The minimum atomic E-state index is -0.0829. The second kappa shape index (κ2) is 16.7. The van der Waals surface area contributed by atoms with Gasteiger partial charge in [-0.3, -0.25) is 9.80 Å². The molecule has 2 fully saturated rings. The van der Waals surface area contributed by atoms with Crippen molar-refractivity contribution >= 4 is 5.69 Å². The molecular weight excluding hydrogens is 570 g/mol. The molecule has 4 atom stereocenters. The van der Waals surface area contributed by atoms with Crippen molar-refractivity contribution in [2.24, 2.45) is 0 Å². The van der Waals surface area contributed by atoms with Gasteiger partial charge in [-0.05, 0) is 98.0 Å². The summed E-state index contributed by atoms with van der Waals surface area (Å²) < 4.78 is 0. The van der Waals surface area contributed by atoms with Crippen LogP contribution >= 0.6 is 0 Å². The lowest BCUT2D eigenvalue weighted by Gasteiger charge is -2.41. The molecule has 0 bridgehead atoms. The maximum Gasteiger partial charge on any atom is 0.123 e. The monoisotopic (exact) mass is 638 g/mol. The number of nitrogens with zero attached hydrogens (tertiary/aromatic N) is 5. The Labute approximate surface area is 282 Å². The quantitative estimate of drug-likeness (QED) is 0.305. The van der Waals surface area contributed by atoms with Gasteiger partial charge in [0.2, 0.25) is 0 Å². The summed E-state index contributed by atoms with van der Waals surface area (Å²) in [5.41, 5.74) is 5.13. The molecule has 0 amide bonds. The van der Waals surface area contributed by atoms with Crippen molar-refractivity contribution in [3.05, 3.63) is 52.6 Å². The number of benzene rings is 2. The molecule has 0 unspecified atom stereocenters. The Bertz CT molecular complexity index is 1240. The van der Waals surface area contributed by atoms with E-state index < -0.39 is 0 Å². The summed E-state index contributed by atoms with van der Waals surface area (Å²) in [7, 11) is 17.3. The standard InChI is InChI=1S/C22H39N3O.C17H28N2O/c1-22(2,3)18-14-17(23(4)5)13-16(21(18)26)15-25(8)20-12-10-9-11-19(20)24(6)7;1-13-8-7-9-14(17(13)20)12-19(4)16-11-6-5-10-15(16)18(2)3/h13-14,19-20,26H,9-12,15H2,1-8H3;7-9,15-16,20H,5-6,10-12H2,1-4H3/t19-,20-;15-,16-/m11/s1. The Morgan fingerprint density at radius 3 is 1.52 bits per heavy atom. The Morgan fingerprint density at radius 2 is 1.09 bits per heavy atom. The number of aryl methyl sites for hydroxylation is 1. The number of aromatic hydroxyl groups is 2. The Hall–Kier alpha value is -2.32. The first-order valence-electron chi connectivity index (χ1n) is 17.6. The lowest BCUT2D eigenvalue weighted by molar-refractivity contribution is 0.0871. The van der Waals surface area contributed by atoms with Gasteiger partial charge in [0.15, 0.2) is 0 Å². The van der Waals surface area contributed by atoms with Gasteiger partial charge < -0.3 is 24.9 Å². The average molecular weight is 638 g/mol. The molecule has 0 saturated heterocycles. The van der Waals surface area contributed by atoms with Crippen LogP contribution in [0.2, 0.25) is 0 Å². The molecule has 2 aliphatic rings. The summed E-state index contributed by atoms with van der Waals surface area (Å²) in [5, 5.41) is 21.2. The van der Waals surface area contributed by atoms with E-state index in [1.165, 1.54) is 51.4 Å². The highest BCUT2D eigenvalue weighted by Crippen LogP contribution is 2.38. The van der Waals surface area contributed by atoms with Gasteiger partial charge in [0.05, 0.1) is 0 Å². The first-order chi connectivity index (χ1) is 21.5. The van der Waals surface area contributed by atoms with E-state index in [1.807, 2.05) is 25.1 Å². The molecule has 0 radical (unpaired) electrons. The van der Waals surface area contributed by atoms with Crippen LogP contribution in [0.1, 0.15) is 94.4 Å². The van der Waals surface area contributed by atoms with Crippen LogP contribution < -0.4 is 4.90 Å². The van der Waals surface area contributed by atoms with Crippen molar-refractivity contribution in [3.63, 3.8) is 0 Å². The Morgan fingerprint density at radius 1 is 0.630 bits per heavy atom. The van der Waals surface area contributed by atoms with Crippen molar-refractivity contribution < 1.29 is 10.2 Å². The van der Waals surface area contributed by atoms with Gasteiger partial charge in [-0.25, -0.2) is 0 Å². The molecule has 46 heavy (non-hydrogen) atoms. The fourth-order valence-corrected chi connectivity index (χ4v) is 7.66. The van der Waals surface area contributed by atoms with Crippen molar-refractivity contribution in [2.75, 3.05) is 61.3 Å². The second-order valence-electron chi connectivity index (χ2n) is 15.8. The van der Waals surface area contributed by atoms with E-state index in [4.69, 9.17) is 0 Å². The number of anilines is 1. The summed E-state index contributed by atoms with van der Waals surface area (Å²) in [5.74, 6) is 0.920. The first-order valence-corrected chi connectivity index (χ1v) is 17.6. The van der Waals surface area contributed by atoms with Crippen molar-refractivity contribution in [1.29, 1.82) is 0 Å². The topological polar surface area (TPSA) is 56.7 Å². The summed E-state index contributed by atoms with van der Waals surface area (Å²) in [4.78, 5) is 11.7. The van der Waals surface area contributed by atoms with E-state index in [2.05, 4.69) is 114 Å². The van der Waals surface area contributed by atoms with Crippen LogP contribution in [0.3, 0.4) is 0 Å². The van der Waals surface area contributed by atoms with Crippen molar-refractivity contribution in [2.45, 2.75) is 122 Å². The summed E-state index contributed by atoms with van der Waals surface area (Å²) in [6.07, 6.45) is 10.3. The molecule has 0 spiro atoms. The van der Waals surface area contributed by atoms with Crippen LogP contribution in [0, 0.1) is 6.92 Å². The smallest absolute Gasteiger partial charge is 0.123 e. The largest absolute Gasteiger partial charge is 0.507 e. The average Bonchev–Trinajstić information content (AvgIpc) is 2.99. The van der Waals surface area contributed by atoms with Crippen molar-refractivity contribution in [1.82, 2.24) is 19.6 Å². The van der Waals surface area contributed by atoms with E-state index in [9.17, 15) is 10.2 Å². The molecule has 0 heterocycles. The third kappa shape index (κ3) is 9.85. The second-order valence-corrected chi connectivity index (χ2v) is 15.8. The molecule has 2 aromatic carbocycles. The summed E-state index contributed by atoms with van der Waals surface area (Å²) in [6.45, 7) is 10.1. The number of phenols is 2. The maximum atomic E-state index is 11.0. The highest BCUT2D eigenvalue weighted by atomic mass is 16.3. The molecular formula is C39H67N5O2. The van der Waals surface area contributed by atoms with Crippen molar-refractivity contribution in [3.8, 4) is 11.5 Å². The SMILES string of the molecule is CN(C)c1cc(CN(C)[C@@H]2CCCC[C@H]2N(C)C)c(O)c(C(C)(C)C)c1.Cc1cccc(CN(C)[C@@H]2CCCC[C@H]2N(C)C)c1O. The normalized spacial score (nSPS) is 22.3. The predicted molar refractivity (Wildman–Crippen MR) is 196 cm³/mol. The van der Waals surface area contributed by atoms with Gasteiger partial charge in [-0.2, -0.15) is 0 Å². The summed E-state index contributed by atoms with van der Waals surface area (Å²) in [6, 6.07) is 12.6. The van der Waals surface area contributed by atoms with Gasteiger partial charge in [-0.1, -0.05) is 64.7 Å². The number of rotatable bonds is 9. The van der Waals surface area contributed by atoms with Crippen LogP contribution in [0.15, 0.2) is 30.3 Å².